The lowest BCUT2D eigenvalue weighted by atomic mass is 9.81. The molecule has 0 spiro atoms. The molecular formula is C14H22ClN3. The smallest absolute Gasteiger partial charge is 0.133 e. The molecule has 0 saturated heterocycles. The third-order valence-corrected chi connectivity index (χ3v) is 3.91. The van der Waals surface area contributed by atoms with E-state index in [9.17, 15) is 0 Å². The van der Waals surface area contributed by atoms with E-state index in [1.807, 2.05) is 6.07 Å². The number of aromatic nitrogens is 1. The van der Waals surface area contributed by atoms with Gasteiger partial charge in [-0.05, 0) is 30.7 Å². The van der Waals surface area contributed by atoms with Crippen molar-refractivity contribution in [2.45, 2.75) is 39.0 Å². The second-order valence-electron chi connectivity index (χ2n) is 5.46. The van der Waals surface area contributed by atoms with Crippen LogP contribution in [0, 0.1) is 11.8 Å². The molecule has 3 N–H and O–H groups in total. The fraction of sp³-hybridized carbons (Fsp3) is 0.643. The highest BCUT2D eigenvalue weighted by Crippen LogP contribution is 2.30. The third kappa shape index (κ3) is 4.05. The first-order chi connectivity index (χ1) is 8.63. The molecule has 2 rings (SSSR count). The minimum atomic E-state index is 0.448. The summed E-state index contributed by atoms with van der Waals surface area (Å²) in [6.45, 7) is 3.31. The van der Waals surface area contributed by atoms with E-state index in [4.69, 9.17) is 17.3 Å². The Kier molecular flexibility index (Phi) is 4.70. The number of hydrogen-bond acceptors (Lipinski definition) is 3. The zero-order chi connectivity index (χ0) is 13.0. The van der Waals surface area contributed by atoms with Gasteiger partial charge in [0.2, 0.25) is 0 Å². The second kappa shape index (κ2) is 6.28. The molecule has 2 unspecified atom stereocenters. The first-order valence-electron chi connectivity index (χ1n) is 6.80. The summed E-state index contributed by atoms with van der Waals surface area (Å²) in [7, 11) is 0. The lowest BCUT2D eigenvalue weighted by Crippen LogP contribution is -2.16. The van der Waals surface area contributed by atoms with Crippen molar-refractivity contribution in [2.75, 3.05) is 17.6 Å². The van der Waals surface area contributed by atoms with Crippen LogP contribution >= 0.6 is 11.6 Å². The van der Waals surface area contributed by atoms with Crippen molar-refractivity contribution in [2.24, 2.45) is 11.8 Å². The van der Waals surface area contributed by atoms with E-state index in [0.29, 0.717) is 10.8 Å². The predicted octanol–water partition coefficient (Wildman–Crippen LogP) is 3.95. The van der Waals surface area contributed by atoms with Crippen molar-refractivity contribution in [1.29, 1.82) is 0 Å². The van der Waals surface area contributed by atoms with E-state index in [0.717, 1.165) is 24.2 Å². The number of nitrogens with one attached hydrogen (secondary N) is 1. The first kappa shape index (κ1) is 13.5. The van der Waals surface area contributed by atoms with Crippen LogP contribution in [0.1, 0.15) is 39.0 Å². The summed E-state index contributed by atoms with van der Waals surface area (Å²) < 4.78 is 0. The molecule has 1 heterocycles. The maximum atomic E-state index is 5.87. The number of anilines is 2. The Balaban J connectivity index is 1.77. The molecule has 1 saturated carbocycles. The van der Waals surface area contributed by atoms with Crippen molar-refractivity contribution < 1.29 is 0 Å². The fourth-order valence-electron chi connectivity index (χ4n) is 2.83. The monoisotopic (exact) mass is 267 g/mol. The zero-order valence-corrected chi connectivity index (χ0v) is 11.7. The Labute approximate surface area is 114 Å². The SMILES string of the molecule is CC1CCCC(CCNc2cc(N)cc(Cl)n2)C1. The van der Waals surface area contributed by atoms with Crippen molar-refractivity contribution in [3.8, 4) is 0 Å². The number of hydrogen-bond donors (Lipinski definition) is 2. The Bertz CT molecular complexity index is 374. The van der Waals surface area contributed by atoms with Gasteiger partial charge < -0.3 is 11.1 Å². The van der Waals surface area contributed by atoms with Crippen LogP contribution in [-0.2, 0) is 0 Å². The van der Waals surface area contributed by atoms with Gasteiger partial charge in [0.05, 0.1) is 0 Å². The van der Waals surface area contributed by atoms with Crippen LogP contribution in [0.15, 0.2) is 12.1 Å². The maximum Gasteiger partial charge on any atom is 0.133 e. The molecule has 18 heavy (non-hydrogen) atoms. The van der Waals surface area contributed by atoms with Crippen LogP contribution in [0.2, 0.25) is 5.15 Å². The van der Waals surface area contributed by atoms with Crippen molar-refractivity contribution in [3.63, 3.8) is 0 Å². The molecule has 0 radical (unpaired) electrons. The number of nitrogen functional groups attached to an aromatic ring is 1. The molecule has 4 heteroatoms. The first-order valence-corrected chi connectivity index (χ1v) is 7.18. The molecular weight excluding hydrogens is 246 g/mol. The Hall–Kier alpha value is -0.960. The molecule has 1 aromatic rings. The number of pyridine rings is 1. The van der Waals surface area contributed by atoms with Crippen LogP contribution in [0.3, 0.4) is 0 Å². The zero-order valence-electron chi connectivity index (χ0n) is 11.0. The van der Waals surface area contributed by atoms with E-state index in [1.165, 1.54) is 32.1 Å². The molecule has 3 nitrogen and oxygen atoms in total. The second-order valence-corrected chi connectivity index (χ2v) is 5.85. The maximum absolute atomic E-state index is 5.87. The summed E-state index contributed by atoms with van der Waals surface area (Å²) in [6.07, 6.45) is 6.73. The van der Waals surface area contributed by atoms with Gasteiger partial charge in [-0.25, -0.2) is 4.98 Å². The molecule has 100 valence electrons. The van der Waals surface area contributed by atoms with Gasteiger partial charge >= 0.3 is 0 Å². The number of halogens is 1. The van der Waals surface area contributed by atoms with E-state index in [1.54, 1.807) is 6.07 Å². The van der Waals surface area contributed by atoms with Gasteiger partial charge in [-0.3, -0.25) is 0 Å². The Morgan fingerprint density at radius 3 is 3.00 bits per heavy atom. The average Bonchev–Trinajstić information content (AvgIpc) is 2.27. The highest BCUT2D eigenvalue weighted by atomic mass is 35.5. The van der Waals surface area contributed by atoms with Crippen molar-refractivity contribution in [1.82, 2.24) is 4.98 Å². The van der Waals surface area contributed by atoms with Gasteiger partial charge in [0.1, 0.15) is 11.0 Å². The van der Waals surface area contributed by atoms with E-state index in [-0.39, 0.29) is 0 Å². The van der Waals surface area contributed by atoms with Crippen LogP contribution in [0.4, 0.5) is 11.5 Å². The number of nitrogens with zero attached hydrogens (tertiary/aromatic N) is 1. The van der Waals surface area contributed by atoms with Gasteiger partial charge in [0, 0.05) is 18.3 Å². The topological polar surface area (TPSA) is 50.9 Å². The molecule has 1 fully saturated rings. The van der Waals surface area contributed by atoms with Crippen LogP contribution in [0.5, 0.6) is 0 Å². The highest BCUT2D eigenvalue weighted by molar-refractivity contribution is 6.29. The number of nitrogens with two attached hydrogens (primary N) is 1. The lowest BCUT2D eigenvalue weighted by Gasteiger charge is -2.26. The summed E-state index contributed by atoms with van der Waals surface area (Å²) in [5, 5.41) is 3.76. The summed E-state index contributed by atoms with van der Waals surface area (Å²) in [6, 6.07) is 3.49. The summed E-state index contributed by atoms with van der Waals surface area (Å²) in [5.74, 6) is 2.53. The summed E-state index contributed by atoms with van der Waals surface area (Å²) in [5.41, 5.74) is 6.38. The molecule has 0 aromatic carbocycles. The largest absolute Gasteiger partial charge is 0.399 e. The molecule has 2 atom stereocenters. The van der Waals surface area contributed by atoms with Gasteiger partial charge in [-0.2, -0.15) is 0 Å². The van der Waals surface area contributed by atoms with Crippen molar-refractivity contribution in [3.05, 3.63) is 17.3 Å². The Morgan fingerprint density at radius 1 is 1.44 bits per heavy atom. The number of rotatable bonds is 4. The summed E-state index contributed by atoms with van der Waals surface area (Å²) in [4.78, 5) is 4.21. The van der Waals surface area contributed by atoms with Crippen LogP contribution in [0.25, 0.3) is 0 Å². The molecule has 1 aliphatic carbocycles. The van der Waals surface area contributed by atoms with Gasteiger partial charge in [-0.15, -0.1) is 0 Å². The predicted molar refractivity (Wildman–Crippen MR) is 77.9 cm³/mol. The average molecular weight is 268 g/mol. The molecule has 0 aliphatic heterocycles. The quantitative estimate of drug-likeness (QED) is 0.813. The highest BCUT2D eigenvalue weighted by Gasteiger charge is 2.18. The van der Waals surface area contributed by atoms with E-state index >= 15 is 0 Å². The normalized spacial score (nSPS) is 23.9. The van der Waals surface area contributed by atoms with Gasteiger partial charge in [0.15, 0.2) is 0 Å². The molecule has 1 aliphatic rings. The minimum absolute atomic E-state index is 0.448. The fourth-order valence-corrected chi connectivity index (χ4v) is 3.05. The standard InChI is InChI=1S/C14H22ClN3/c1-10-3-2-4-11(7-10)5-6-17-14-9-12(16)8-13(15)18-14/h8-11H,2-7H2,1H3,(H3,16,17,18). The van der Waals surface area contributed by atoms with Crippen LogP contribution < -0.4 is 11.1 Å². The van der Waals surface area contributed by atoms with Gasteiger partial charge in [-0.1, -0.05) is 37.8 Å². The van der Waals surface area contributed by atoms with Crippen molar-refractivity contribution >= 4 is 23.1 Å². The lowest BCUT2D eigenvalue weighted by molar-refractivity contribution is 0.274. The van der Waals surface area contributed by atoms with Gasteiger partial charge in [0.25, 0.3) is 0 Å². The third-order valence-electron chi connectivity index (χ3n) is 3.72. The summed E-state index contributed by atoms with van der Waals surface area (Å²) >= 11 is 5.87. The van der Waals surface area contributed by atoms with Crippen LogP contribution in [-0.4, -0.2) is 11.5 Å². The van der Waals surface area contributed by atoms with E-state index in [2.05, 4.69) is 17.2 Å². The minimum Gasteiger partial charge on any atom is -0.399 e. The molecule has 0 bridgehead atoms. The van der Waals surface area contributed by atoms with E-state index < -0.39 is 0 Å². The molecule has 0 amide bonds. The molecule has 1 aromatic heterocycles. The Morgan fingerprint density at radius 2 is 2.28 bits per heavy atom.